The van der Waals surface area contributed by atoms with Crippen molar-refractivity contribution in [1.82, 2.24) is 14.8 Å². The molecule has 0 aromatic carbocycles. The Bertz CT molecular complexity index is 924. The highest BCUT2D eigenvalue weighted by atomic mass is 32.1. The smallest absolute Gasteiger partial charge is 0.0594 e. The van der Waals surface area contributed by atoms with Crippen molar-refractivity contribution in [2.75, 3.05) is 46.4 Å². The van der Waals surface area contributed by atoms with Gasteiger partial charge in [-0.25, -0.2) is 0 Å². The zero-order chi connectivity index (χ0) is 18.9. The van der Waals surface area contributed by atoms with Crippen LogP contribution in [-0.2, 0) is 17.7 Å². The summed E-state index contributed by atoms with van der Waals surface area (Å²) in [6.45, 7) is 6.99. The number of allylic oxidation sites excluding steroid dienone is 2. The lowest BCUT2D eigenvalue weighted by molar-refractivity contribution is 0.0346. The molecule has 0 unspecified atom stereocenters. The Morgan fingerprint density at radius 1 is 1.14 bits per heavy atom. The van der Waals surface area contributed by atoms with Crippen molar-refractivity contribution < 1.29 is 4.74 Å². The number of rotatable bonds is 4. The predicted octanol–water partition coefficient (Wildman–Crippen LogP) is 3.84. The molecule has 0 atom stereocenters. The van der Waals surface area contributed by atoms with Crippen molar-refractivity contribution in [2.45, 2.75) is 19.4 Å². The van der Waals surface area contributed by atoms with E-state index in [4.69, 9.17) is 9.72 Å². The normalized spacial score (nSPS) is 20.8. The van der Waals surface area contributed by atoms with E-state index >= 15 is 0 Å². The van der Waals surface area contributed by atoms with E-state index in [-0.39, 0.29) is 0 Å². The maximum Gasteiger partial charge on any atom is 0.0594 e. The molecule has 0 saturated carbocycles. The van der Waals surface area contributed by atoms with Gasteiger partial charge in [-0.05, 0) is 42.8 Å². The van der Waals surface area contributed by atoms with Crippen molar-refractivity contribution in [3.63, 3.8) is 0 Å². The first kappa shape index (κ1) is 18.3. The zero-order valence-corrected chi connectivity index (χ0v) is 17.3. The van der Waals surface area contributed by atoms with Gasteiger partial charge in [-0.3, -0.25) is 9.88 Å². The third-order valence-corrected chi connectivity index (χ3v) is 7.07. The third kappa shape index (κ3) is 3.72. The molecule has 0 N–H and O–H groups in total. The van der Waals surface area contributed by atoms with Gasteiger partial charge in [0.25, 0.3) is 0 Å². The van der Waals surface area contributed by atoms with Gasteiger partial charge in [-0.1, -0.05) is 12.2 Å². The van der Waals surface area contributed by atoms with Crippen LogP contribution in [-0.4, -0.2) is 61.2 Å². The van der Waals surface area contributed by atoms with Gasteiger partial charge in [0.15, 0.2) is 0 Å². The number of ether oxygens (including phenoxy) is 1. The Hall–Kier alpha value is -1.79. The maximum absolute atomic E-state index is 5.46. The molecule has 4 nitrogen and oxygen atoms in total. The molecular formula is C23H27N3OS. The number of pyridine rings is 1. The quantitative estimate of drug-likeness (QED) is 0.789. The number of nitrogens with zero attached hydrogens (tertiary/aromatic N) is 3. The monoisotopic (exact) mass is 393 g/mol. The number of hydrogen-bond acceptors (Lipinski definition) is 5. The maximum atomic E-state index is 5.46. The van der Waals surface area contributed by atoms with Crippen LogP contribution in [0, 0.1) is 0 Å². The van der Waals surface area contributed by atoms with Gasteiger partial charge in [0.05, 0.1) is 18.9 Å². The first-order valence-electron chi connectivity index (χ1n) is 10.2. The van der Waals surface area contributed by atoms with E-state index in [0.29, 0.717) is 0 Å². The molecule has 0 radical (unpaired) electrons. The number of likely N-dealkylation sites (N-methyl/N-ethyl adjacent to an activating group) is 1. The fraction of sp³-hybridized carbons (Fsp3) is 0.435. The third-order valence-electron chi connectivity index (χ3n) is 5.95. The van der Waals surface area contributed by atoms with E-state index in [1.807, 2.05) is 11.3 Å². The fourth-order valence-electron chi connectivity index (χ4n) is 4.25. The SMILES string of the molecule is CN1CC=C(C2=CCc3ncc(-c4ccc(CN5CCOCC5)s4)cc32)CC1. The number of thiophene rings is 1. The molecule has 4 heterocycles. The van der Waals surface area contributed by atoms with Crippen LogP contribution < -0.4 is 0 Å². The molecule has 1 fully saturated rings. The van der Waals surface area contributed by atoms with Crippen molar-refractivity contribution >= 4 is 16.9 Å². The molecule has 3 aliphatic rings. The van der Waals surface area contributed by atoms with Crippen LogP contribution in [0.5, 0.6) is 0 Å². The summed E-state index contributed by atoms with van der Waals surface area (Å²) in [7, 11) is 2.19. The van der Waals surface area contributed by atoms with Crippen molar-refractivity contribution in [3.8, 4) is 10.4 Å². The summed E-state index contributed by atoms with van der Waals surface area (Å²) in [6.07, 6.45) is 8.92. The summed E-state index contributed by atoms with van der Waals surface area (Å²) < 4.78 is 5.46. The summed E-state index contributed by atoms with van der Waals surface area (Å²) in [5.74, 6) is 0. The molecule has 5 heteroatoms. The average Bonchev–Trinajstić information content (AvgIpc) is 3.36. The Morgan fingerprint density at radius 2 is 2.04 bits per heavy atom. The Balaban J connectivity index is 1.36. The second-order valence-electron chi connectivity index (χ2n) is 7.94. The van der Waals surface area contributed by atoms with Crippen LogP contribution in [0.15, 0.2) is 42.1 Å². The van der Waals surface area contributed by atoms with Gasteiger partial charge in [0.1, 0.15) is 0 Å². The Kier molecular flexibility index (Phi) is 5.16. The van der Waals surface area contributed by atoms with Crippen molar-refractivity contribution in [1.29, 1.82) is 0 Å². The zero-order valence-electron chi connectivity index (χ0n) is 16.5. The van der Waals surface area contributed by atoms with Crippen LogP contribution >= 0.6 is 11.3 Å². The summed E-state index contributed by atoms with van der Waals surface area (Å²) in [4.78, 5) is 12.4. The predicted molar refractivity (Wildman–Crippen MR) is 116 cm³/mol. The largest absolute Gasteiger partial charge is 0.379 e. The van der Waals surface area contributed by atoms with E-state index in [1.165, 1.54) is 37.7 Å². The molecule has 0 bridgehead atoms. The first-order valence-corrected chi connectivity index (χ1v) is 11.0. The topological polar surface area (TPSA) is 28.6 Å². The van der Waals surface area contributed by atoms with E-state index in [9.17, 15) is 0 Å². The second-order valence-corrected chi connectivity index (χ2v) is 9.10. The Labute approximate surface area is 171 Å². The molecule has 2 aromatic rings. The van der Waals surface area contributed by atoms with Crippen LogP contribution in [0.25, 0.3) is 16.0 Å². The highest BCUT2D eigenvalue weighted by Crippen LogP contribution is 2.38. The lowest BCUT2D eigenvalue weighted by Gasteiger charge is -2.25. The molecule has 5 rings (SSSR count). The van der Waals surface area contributed by atoms with Gasteiger partial charge in [-0.2, -0.15) is 0 Å². The minimum absolute atomic E-state index is 0.855. The molecule has 1 saturated heterocycles. The number of aromatic nitrogens is 1. The van der Waals surface area contributed by atoms with E-state index in [1.54, 1.807) is 0 Å². The molecule has 1 aliphatic carbocycles. The van der Waals surface area contributed by atoms with E-state index in [0.717, 1.165) is 58.8 Å². The standard InChI is InChI=1S/C23H27N3OS/c1-25-8-6-17(7-9-25)20-3-4-22-21(20)14-18(15-24-22)23-5-2-19(28-23)16-26-10-12-27-13-11-26/h2-3,5-6,14-15H,4,7-13,16H2,1H3. The molecule has 0 spiro atoms. The van der Waals surface area contributed by atoms with Gasteiger partial charge >= 0.3 is 0 Å². The highest BCUT2D eigenvalue weighted by molar-refractivity contribution is 7.15. The Morgan fingerprint density at radius 3 is 2.86 bits per heavy atom. The molecule has 2 aromatic heterocycles. The van der Waals surface area contributed by atoms with Crippen molar-refractivity contribution in [3.05, 3.63) is 58.3 Å². The lowest BCUT2D eigenvalue weighted by atomic mass is 9.95. The second kappa shape index (κ2) is 7.91. The summed E-state index contributed by atoms with van der Waals surface area (Å²) in [5, 5.41) is 0. The van der Waals surface area contributed by atoms with Gasteiger partial charge in [0.2, 0.25) is 0 Å². The fourth-order valence-corrected chi connectivity index (χ4v) is 5.28. The number of fused-ring (bicyclic) bond motifs is 1. The molecule has 0 amide bonds. The molecular weight excluding hydrogens is 366 g/mol. The van der Waals surface area contributed by atoms with Gasteiger partial charge in [-0.15, -0.1) is 11.3 Å². The lowest BCUT2D eigenvalue weighted by Crippen LogP contribution is -2.35. The van der Waals surface area contributed by atoms with Crippen LogP contribution in [0.1, 0.15) is 22.6 Å². The van der Waals surface area contributed by atoms with Crippen molar-refractivity contribution in [2.24, 2.45) is 0 Å². The van der Waals surface area contributed by atoms with Crippen LogP contribution in [0.3, 0.4) is 0 Å². The van der Waals surface area contributed by atoms with Gasteiger partial charge in [0, 0.05) is 66.2 Å². The minimum Gasteiger partial charge on any atom is -0.379 e. The minimum atomic E-state index is 0.855. The summed E-state index contributed by atoms with van der Waals surface area (Å²) in [5.41, 5.74) is 6.73. The summed E-state index contributed by atoms with van der Waals surface area (Å²) in [6, 6.07) is 6.90. The van der Waals surface area contributed by atoms with Crippen LogP contribution in [0.4, 0.5) is 0 Å². The average molecular weight is 394 g/mol. The van der Waals surface area contributed by atoms with Gasteiger partial charge < -0.3 is 9.64 Å². The molecule has 146 valence electrons. The summed E-state index contributed by atoms with van der Waals surface area (Å²) >= 11 is 1.90. The molecule has 2 aliphatic heterocycles. The van der Waals surface area contributed by atoms with E-state index in [2.05, 4.69) is 53.4 Å². The number of morpholine rings is 1. The van der Waals surface area contributed by atoms with Crippen LogP contribution in [0.2, 0.25) is 0 Å². The highest BCUT2D eigenvalue weighted by Gasteiger charge is 2.21. The first-order chi connectivity index (χ1) is 13.8. The number of hydrogen-bond donors (Lipinski definition) is 0. The van der Waals surface area contributed by atoms with E-state index < -0.39 is 0 Å². The molecule has 28 heavy (non-hydrogen) atoms.